The van der Waals surface area contributed by atoms with Crippen molar-refractivity contribution in [3.8, 4) is 5.75 Å². The highest BCUT2D eigenvalue weighted by Crippen LogP contribution is 2.23. The number of hydrogen-bond donors (Lipinski definition) is 2. The molecule has 120 valence electrons. The Bertz CT molecular complexity index is 430. The first-order valence-corrected chi connectivity index (χ1v) is 7.04. The van der Waals surface area contributed by atoms with Crippen LogP contribution in [-0.4, -0.2) is 26.1 Å². The second kappa shape index (κ2) is 8.90. The predicted molar refractivity (Wildman–Crippen MR) is 89.1 cm³/mol. The Morgan fingerprint density at radius 2 is 1.81 bits per heavy atom. The maximum Gasteiger partial charge on any atom is 0.234 e. The quantitative estimate of drug-likeness (QED) is 0.813. The highest BCUT2D eigenvalue weighted by atomic mass is 35.5. The molecule has 1 aromatic carbocycles. The van der Waals surface area contributed by atoms with Gasteiger partial charge in [0, 0.05) is 0 Å². The van der Waals surface area contributed by atoms with Crippen molar-refractivity contribution in [1.29, 1.82) is 0 Å². The monoisotopic (exact) mass is 314 g/mol. The molecular formula is C16H27ClN2O2. The maximum atomic E-state index is 11.7. The van der Waals surface area contributed by atoms with Crippen molar-refractivity contribution in [2.45, 2.75) is 33.2 Å². The second-order valence-corrected chi connectivity index (χ2v) is 5.93. The Hall–Kier alpha value is -1.26. The molecule has 0 aliphatic heterocycles. The topological polar surface area (TPSA) is 50.4 Å². The van der Waals surface area contributed by atoms with Gasteiger partial charge in [-0.25, -0.2) is 0 Å². The molecule has 2 N–H and O–H groups in total. The number of amides is 1. The van der Waals surface area contributed by atoms with Gasteiger partial charge in [-0.3, -0.25) is 4.79 Å². The lowest BCUT2D eigenvalue weighted by atomic mass is 9.94. The highest BCUT2D eigenvalue weighted by Gasteiger charge is 2.22. The van der Waals surface area contributed by atoms with Crippen LogP contribution < -0.4 is 15.4 Å². The molecule has 1 aromatic rings. The van der Waals surface area contributed by atoms with Crippen molar-refractivity contribution in [3.05, 3.63) is 29.8 Å². The van der Waals surface area contributed by atoms with Crippen molar-refractivity contribution in [3.63, 3.8) is 0 Å². The molecule has 0 atom stereocenters. The smallest absolute Gasteiger partial charge is 0.234 e. The Labute approximate surface area is 134 Å². The summed E-state index contributed by atoms with van der Waals surface area (Å²) in [4.78, 5) is 11.7. The van der Waals surface area contributed by atoms with Gasteiger partial charge in [0.15, 0.2) is 0 Å². The summed E-state index contributed by atoms with van der Waals surface area (Å²) in [6, 6.07) is 7.89. The van der Waals surface area contributed by atoms with Crippen molar-refractivity contribution < 1.29 is 9.53 Å². The van der Waals surface area contributed by atoms with Crippen LogP contribution in [0, 0.1) is 5.92 Å². The minimum atomic E-state index is -0.398. The molecule has 0 fully saturated rings. The zero-order valence-corrected chi connectivity index (χ0v) is 14.3. The van der Waals surface area contributed by atoms with Gasteiger partial charge in [-0.2, -0.15) is 0 Å². The van der Waals surface area contributed by atoms with Crippen molar-refractivity contribution in [2.24, 2.45) is 5.92 Å². The molecule has 0 radical (unpaired) electrons. The summed E-state index contributed by atoms with van der Waals surface area (Å²) in [5, 5.41) is 5.85. The Morgan fingerprint density at radius 1 is 1.24 bits per heavy atom. The number of benzene rings is 1. The van der Waals surface area contributed by atoms with Crippen LogP contribution in [-0.2, 0) is 10.3 Å². The van der Waals surface area contributed by atoms with Gasteiger partial charge in [-0.1, -0.05) is 26.0 Å². The van der Waals surface area contributed by atoms with Gasteiger partial charge in [-0.15, -0.1) is 12.4 Å². The van der Waals surface area contributed by atoms with Crippen LogP contribution in [0.25, 0.3) is 0 Å². The standard InChI is InChI=1S/C16H26N2O2.ClH/c1-12(2)11-20-14-8-6-13(7-9-14)16(3,4)18-15(19)10-17-5;/h6-9,12,17H,10-11H2,1-5H3,(H,18,19);1H. The van der Waals surface area contributed by atoms with E-state index in [9.17, 15) is 4.79 Å². The molecule has 21 heavy (non-hydrogen) atoms. The third kappa shape index (κ3) is 6.82. The SMILES string of the molecule is CNCC(=O)NC(C)(C)c1ccc(OCC(C)C)cc1.Cl. The summed E-state index contributed by atoms with van der Waals surface area (Å²) in [7, 11) is 1.76. The molecule has 0 saturated heterocycles. The molecular weight excluding hydrogens is 288 g/mol. The molecule has 0 aromatic heterocycles. The summed E-state index contributed by atoms with van der Waals surface area (Å²) in [6.45, 7) is 9.25. The van der Waals surface area contributed by atoms with Crippen LogP contribution in [0.1, 0.15) is 33.3 Å². The number of hydrogen-bond acceptors (Lipinski definition) is 3. The molecule has 5 heteroatoms. The molecule has 0 unspecified atom stereocenters. The normalized spacial score (nSPS) is 11.0. The number of carbonyl (C=O) groups is 1. The molecule has 0 aliphatic rings. The van der Waals surface area contributed by atoms with E-state index in [-0.39, 0.29) is 18.3 Å². The maximum absolute atomic E-state index is 11.7. The zero-order valence-electron chi connectivity index (χ0n) is 13.5. The van der Waals surface area contributed by atoms with Crippen molar-refractivity contribution >= 4 is 18.3 Å². The minimum Gasteiger partial charge on any atom is -0.493 e. The van der Waals surface area contributed by atoms with Crippen LogP contribution >= 0.6 is 12.4 Å². The van der Waals surface area contributed by atoms with Gasteiger partial charge < -0.3 is 15.4 Å². The third-order valence-electron chi connectivity index (χ3n) is 2.95. The zero-order chi connectivity index (χ0) is 15.2. The second-order valence-electron chi connectivity index (χ2n) is 5.93. The lowest BCUT2D eigenvalue weighted by Gasteiger charge is -2.27. The van der Waals surface area contributed by atoms with Crippen molar-refractivity contribution in [2.75, 3.05) is 20.2 Å². The fourth-order valence-corrected chi connectivity index (χ4v) is 1.86. The van der Waals surface area contributed by atoms with Gasteiger partial charge in [-0.05, 0) is 44.5 Å². The Kier molecular flexibility index (Phi) is 8.37. The van der Waals surface area contributed by atoms with Gasteiger partial charge in [0.1, 0.15) is 5.75 Å². The van der Waals surface area contributed by atoms with Gasteiger partial charge in [0.25, 0.3) is 0 Å². The molecule has 0 spiro atoms. The molecule has 1 amide bonds. The minimum absolute atomic E-state index is 0. The largest absolute Gasteiger partial charge is 0.493 e. The fourth-order valence-electron chi connectivity index (χ4n) is 1.86. The summed E-state index contributed by atoms with van der Waals surface area (Å²) >= 11 is 0. The van der Waals surface area contributed by atoms with Gasteiger partial charge >= 0.3 is 0 Å². The van der Waals surface area contributed by atoms with E-state index in [0.29, 0.717) is 19.1 Å². The molecule has 0 saturated carbocycles. The lowest BCUT2D eigenvalue weighted by Crippen LogP contribution is -2.44. The van der Waals surface area contributed by atoms with E-state index in [1.54, 1.807) is 7.05 Å². The average molecular weight is 315 g/mol. The fraction of sp³-hybridized carbons (Fsp3) is 0.562. The number of likely N-dealkylation sites (N-methyl/N-ethyl adjacent to an activating group) is 1. The van der Waals surface area contributed by atoms with Crippen LogP contribution in [0.5, 0.6) is 5.75 Å². The molecule has 4 nitrogen and oxygen atoms in total. The van der Waals surface area contributed by atoms with E-state index in [4.69, 9.17) is 4.74 Å². The van der Waals surface area contributed by atoms with Gasteiger partial charge in [0.2, 0.25) is 5.91 Å². The molecule has 0 bridgehead atoms. The predicted octanol–water partition coefficient (Wildman–Crippen LogP) is 2.71. The highest BCUT2D eigenvalue weighted by molar-refractivity contribution is 5.85. The van der Waals surface area contributed by atoms with E-state index < -0.39 is 5.54 Å². The summed E-state index contributed by atoms with van der Waals surface area (Å²) in [6.07, 6.45) is 0. The van der Waals surface area contributed by atoms with Crippen LogP contribution in [0.15, 0.2) is 24.3 Å². The number of halogens is 1. The van der Waals surface area contributed by atoms with E-state index in [1.807, 2.05) is 38.1 Å². The van der Waals surface area contributed by atoms with Gasteiger partial charge in [0.05, 0.1) is 18.7 Å². The average Bonchev–Trinajstić information content (AvgIpc) is 2.36. The number of ether oxygens (including phenoxy) is 1. The summed E-state index contributed by atoms with van der Waals surface area (Å²) in [5.41, 5.74) is 0.656. The summed E-state index contributed by atoms with van der Waals surface area (Å²) < 4.78 is 5.66. The first kappa shape index (κ1) is 19.7. The van der Waals surface area contributed by atoms with Crippen LogP contribution in [0.4, 0.5) is 0 Å². The number of rotatable bonds is 7. The number of nitrogens with one attached hydrogen (secondary N) is 2. The molecule has 0 heterocycles. The van der Waals surface area contributed by atoms with Crippen molar-refractivity contribution in [1.82, 2.24) is 10.6 Å². The van der Waals surface area contributed by atoms with E-state index in [0.717, 1.165) is 11.3 Å². The Balaban J connectivity index is 0.00000400. The first-order valence-electron chi connectivity index (χ1n) is 7.04. The lowest BCUT2D eigenvalue weighted by molar-refractivity contribution is -0.121. The van der Waals surface area contributed by atoms with E-state index in [2.05, 4.69) is 24.5 Å². The first-order chi connectivity index (χ1) is 9.35. The Morgan fingerprint density at radius 3 is 2.29 bits per heavy atom. The van der Waals surface area contributed by atoms with E-state index >= 15 is 0 Å². The molecule has 0 aliphatic carbocycles. The third-order valence-corrected chi connectivity index (χ3v) is 2.95. The van der Waals surface area contributed by atoms with Crippen LogP contribution in [0.2, 0.25) is 0 Å². The summed E-state index contributed by atoms with van der Waals surface area (Å²) in [5.74, 6) is 1.35. The number of carbonyl (C=O) groups excluding carboxylic acids is 1. The van der Waals surface area contributed by atoms with E-state index in [1.165, 1.54) is 0 Å². The van der Waals surface area contributed by atoms with Crippen LogP contribution in [0.3, 0.4) is 0 Å². The molecule has 1 rings (SSSR count).